The van der Waals surface area contributed by atoms with Crippen LogP contribution in [0.3, 0.4) is 0 Å². The normalized spacial score (nSPS) is 23.8. The van der Waals surface area contributed by atoms with Crippen molar-refractivity contribution in [1.29, 1.82) is 0 Å². The minimum Gasteiger partial charge on any atom is -0.497 e. The number of sulfonamides is 1. The third-order valence-electron chi connectivity index (χ3n) is 7.31. The van der Waals surface area contributed by atoms with Crippen molar-refractivity contribution in [3.8, 4) is 5.75 Å². The number of carbonyl (C=O) groups is 1. The monoisotopic (exact) mass is 592 g/mol. The molecule has 0 bridgehead atoms. The van der Waals surface area contributed by atoms with Crippen molar-refractivity contribution in [2.45, 2.75) is 55.8 Å². The number of hydrogen-bond acceptors (Lipinski definition) is 9. The molecule has 2 N–H and O–H groups in total. The number of benzene rings is 2. The number of methoxy groups -OCH3 is 2. The van der Waals surface area contributed by atoms with Gasteiger partial charge in [-0.05, 0) is 42.2 Å². The van der Waals surface area contributed by atoms with Crippen LogP contribution in [0.5, 0.6) is 5.75 Å². The van der Waals surface area contributed by atoms with Gasteiger partial charge in [-0.25, -0.2) is 13.2 Å². The molecule has 226 valence electrons. The van der Waals surface area contributed by atoms with Crippen LogP contribution in [0.1, 0.15) is 19.4 Å². The zero-order valence-electron chi connectivity index (χ0n) is 23.8. The molecule has 2 aromatic rings. The molecule has 2 heterocycles. The summed E-state index contributed by atoms with van der Waals surface area (Å²) in [6.45, 7) is 4.25. The highest BCUT2D eigenvalue weighted by Crippen LogP contribution is 2.35. The predicted octanol–water partition coefficient (Wildman–Crippen LogP) is 2.43. The number of nitrogens with zero attached hydrogens (tertiary/aromatic N) is 1. The van der Waals surface area contributed by atoms with Crippen molar-refractivity contribution < 1.29 is 42.0 Å². The second-order valence-electron chi connectivity index (χ2n) is 10.7. The van der Waals surface area contributed by atoms with Gasteiger partial charge in [0.1, 0.15) is 11.9 Å². The minimum atomic E-state index is -3.96. The second-order valence-corrected chi connectivity index (χ2v) is 12.7. The summed E-state index contributed by atoms with van der Waals surface area (Å²) >= 11 is 0. The maximum atomic E-state index is 13.6. The van der Waals surface area contributed by atoms with Crippen molar-refractivity contribution in [3.05, 3.63) is 60.2 Å². The maximum absolute atomic E-state index is 13.6. The van der Waals surface area contributed by atoms with E-state index in [0.29, 0.717) is 12.4 Å². The summed E-state index contributed by atoms with van der Waals surface area (Å²) in [6, 6.07) is 14.6. The molecule has 0 spiro atoms. The van der Waals surface area contributed by atoms with Gasteiger partial charge in [0, 0.05) is 20.2 Å². The molecule has 2 fully saturated rings. The van der Waals surface area contributed by atoms with E-state index in [1.165, 1.54) is 23.5 Å². The molecule has 11 nitrogen and oxygen atoms in total. The van der Waals surface area contributed by atoms with Crippen LogP contribution in [0.2, 0.25) is 0 Å². The lowest BCUT2D eigenvalue weighted by molar-refractivity contribution is -0.0913. The molecule has 2 aliphatic heterocycles. The Balaban J connectivity index is 1.51. The Bertz CT molecular complexity index is 1230. The maximum Gasteiger partial charge on any atom is 0.407 e. The average molecular weight is 593 g/mol. The molecule has 2 aromatic carbocycles. The molecular formula is C29H40N2O9S. The predicted molar refractivity (Wildman–Crippen MR) is 150 cm³/mol. The fourth-order valence-corrected chi connectivity index (χ4v) is 6.81. The van der Waals surface area contributed by atoms with Crippen molar-refractivity contribution >= 4 is 16.1 Å². The first-order valence-electron chi connectivity index (χ1n) is 13.7. The molecule has 0 aliphatic carbocycles. The Kier molecular flexibility index (Phi) is 10.6. The number of rotatable bonds is 13. The van der Waals surface area contributed by atoms with E-state index in [2.05, 4.69) is 5.32 Å². The Labute approximate surface area is 241 Å². The summed E-state index contributed by atoms with van der Waals surface area (Å²) in [6.07, 6.45) is -3.09. The average Bonchev–Trinajstić information content (AvgIpc) is 3.55. The Morgan fingerprint density at radius 2 is 1.68 bits per heavy atom. The molecular weight excluding hydrogens is 552 g/mol. The van der Waals surface area contributed by atoms with Gasteiger partial charge in [0.05, 0.1) is 49.4 Å². The first-order valence-corrected chi connectivity index (χ1v) is 15.2. The van der Waals surface area contributed by atoms with Crippen LogP contribution < -0.4 is 10.1 Å². The van der Waals surface area contributed by atoms with Crippen LogP contribution in [-0.4, -0.2) is 95.1 Å². The van der Waals surface area contributed by atoms with Gasteiger partial charge in [0.2, 0.25) is 10.0 Å². The van der Waals surface area contributed by atoms with Gasteiger partial charge in [-0.1, -0.05) is 44.2 Å². The molecule has 2 saturated heterocycles. The van der Waals surface area contributed by atoms with Crippen molar-refractivity contribution in [2.24, 2.45) is 11.8 Å². The topological polar surface area (TPSA) is 133 Å². The summed E-state index contributed by atoms with van der Waals surface area (Å²) in [5.74, 6) is 0.253. The standard InChI is InChI=1S/C29H40N2O9S/c1-19(2)15-31(41(34,35)22-12-10-21(36-3)11-13-22)16-24(32)23(14-20-8-6-5-7-9-20)30-29(33)40-26-18-39-28-27(26)25(37-4)17-38-28/h5-13,19,23-28,32H,14-18H2,1-4H3,(H,30,33)/t23-,24+,25-,26-,27-,28+/m0/s1. The number of aliphatic hydroxyl groups excluding tert-OH is 1. The largest absolute Gasteiger partial charge is 0.497 e. The summed E-state index contributed by atoms with van der Waals surface area (Å²) in [5, 5.41) is 14.2. The van der Waals surface area contributed by atoms with Crippen LogP contribution in [0.4, 0.5) is 4.79 Å². The SMILES string of the molecule is COc1ccc(S(=O)(=O)N(CC(C)C)C[C@@H](O)[C@H](Cc2ccccc2)NC(=O)O[C@H]2CO[C@H]3OC[C@H](OC)[C@H]32)cc1. The van der Waals surface area contributed by atoms with Gasteiger partial charge in [0.25, 0.3) is 0 Å². The van der Waals surface area contributed by atoms with Crippen LogP contribution in [0.15, 0.2) is 59.5 Å². The lowest BCUT2D eigenvalue weighted by Crippen LogP contribution is -2.52. The van der Waals surface area contributed by atoms with Crippen LogP contribution >= 0.6 is 0 Å². The van der Waals surface area contributed by atoms with Crippen LogP contribution in [0.25, 0.3) is 0 Å². The van der Waals surface area contributed by atoms with E-state index in [9.17, 15) is 18.3 Å². The molecule has 0 saturated carbocycles. The molecule has 0 unspecified atom stereocenters. The second kappa shape index (κ2) is 14.0. The number of alkyl carbamates (subject to hydrolysis) is 1. The van der Waals surface area contributed by atoms with E-state index in [1.54, 1.807) is 19.2 Å². The molecule has 0 radical (unpaired) electrons. The number of fused-ring (bicyclic) bond motifs is 1. The van der Waals surface area contributed by atoms with Gasteiger partial charge in [0.15, 0.2) is 6.29 Å². The number of carbonyl (C=O) groups excluding carboxylic acids is 1. The third-order valence-corrected chi connectivity index (χ3v) is 9.15. The van der Waals surface area contributed by atoms with Crippen molar-refractivity contribution in [1.82, 2.24) is 9.62 Å². The minimum absolute atomic E-state index is 0.0154. The summed E-state index contributed by atoms with van der Waals surface area (Å²) in [5.41, 5.74) is 0.859. The number of ether oxygens (including phenoxy) is 5. The van der Waals surface area contributed by atoms with Gasteiger partial charge in [-0.2, -0.15) is 4.31 Å². The third kappa shape index (κ3) is 7.76. The number of nitrogens with one attached hydrogen (secondary N) is 1. The van der Waals surface area contributed by atoms with E-state index in [-0.39, 0.29) is 49.0 Å². The Hall–Kier alpha value is -2.74. The van der Waals surface area contributed by atoms with Gasteiger partial charge in [-0.15, -0.1) is 0 Å². The van der Waals surface area contributed by atoms with E-state index in [0.717, 1.165) is 5.56 Å². The lowest BCUT2D eigenvalue weighted by atomic mass is 10.00. The van der Waals surface area contributed by atoms with Crippen LogP contribution in [0, 0.1) is 11.8 Å². The van der Waals surface area contributed by atoms with E-state index >= 15 is 0 Å². The Morgan fingerprint density at radius 1 is 1.02 bits per heavy atom. The first kappa shape index (κ1) is 31.2. The van der Waals surface area contributed by atoms with E-state index in [4.69, 9.17) is 23.7 Å². The van der Waals surface area contributed by atoms with Gasteiger partial charge < -0.3 is 34.1 Å². The molecule has 12 heteroatoms. The Morgan fingerprint density at radius 3 is 2.29 bits per heavy atom. The fraction of sp³-hybridized carbons (Fsp3) is 0.552. The number of amides is 1. The first-order chi connectivity index (χ1) is 19.6. The summed E-state index contributed by atoms with van der Waals surface area (Å²) in [4.78, 5) is 13.2. The smallest absolute Gasteiger partial charge is 0.407 e. The van der Waals surface area contributed by atoms with E-state index < -0.39 is 40.7 Å². The molecule has 0 aromatic heterocycles. The van der Waals surface area contributed by atoms with E-state index in [1.807, 2.05) is 44.2 Å². The van der Waals surface area contributed by atoms with Crippen LogP contribution in [-0.2, 0) is 35.4 Å². The van der Waals surface area contributed by atoms with Crippen molar-refractivity contribution in [3.63, 3.8) is 0 Å². The highest BCUT2D eigenvalue weighted by molar-refractivity contribution is 7.89. The molecule has 2 aliphatic rings. The zero-order chi connectivity index (χ0) is 29.6. The molecule has 41 heavy (non-hydrogen) atoms. The molecule has 1 amide bonds. The fourth-order valence-electron chi connectivity index (χ4n) is 5.18. The summed E-state index contributed by atoms with van der Waals surface area (Å²) in [7, 11) is -0.883. The molecule has 6 atom stereocenters. The lowest BCUT2D eigenvalue weighted by Gasteiger charge is -2.31. The quantitative estimate of drug-likeness (QED) is 0.360. The molecule has 4 rings (SSSR count). The summed E-state index contributed by atoms with van der Waals surface area (Å²) < 4.78 is 56.0. The number of aliphatic hydroxyl groups is 1. The highest BCUT2D eigenvalue weighted by atomic mass is 32.2. The van der Waals surface area contributed by atoms with Gasteiger partial charge in [-0.3, -0.25) is 0 Å². The highest BCUT2D eigenvalue weighted by Gasteiger charge is 2.50. The number of hydrogen-bond donors (Lipinski definition) is 2. The van der Waals surface area contributed by atoms with Crippen molar-refractivity contribution in [2.75, 3.05) is 40.5 Å². The zero-order valence-corrected chi connectivity index (χ0v) is 24.7. The van der Waals surface area contributed by atoms with Gasteiger partial charge >= 0.3 is 6.09 Å².